The highest BCUT2D eigenvalue weighted by Gasteiger charge is 2.19. The van der Waals surface area contributed by atoms with Gasteiger partial charge in [0.15, 0.2) is 0 Å². The van der Waals surface area contributed by atoms with Crippen molar-refractivity contribution in [3.8, 4) is 11.8 Å². The zero-order valence-corrected chi connectivity index (χ0v) is 14.5. The summed E-state index contributed by atoms with van der Waals surface area (Å²) >= 11 is 0. The number of carboxylic acid groups (broad SMARTS) is 1. The van der Waals surface area contributed by atoms with Crippen LogP contribution in [0, 0.1) is 11.3 Å². The number of rotatable bonds is 5. The van der Waals surface area contributed by atoms with Crippen LogP contribution in [0.25, 0.3) is 5.69 Å². The molecule has 0 unspecified atom stereocenters. The number of nitrogen functional groups attached to an aromatic ring is 1. The van der Waals surface area contributed by atoms with Crippen LogP contribution in [0.5, 0.6) is 0 Å². The van der Waals surface area contributed by atoms with Gasteiger partial charge in [0.2, 0.25) is 0 Å². The summed E-state index contributed by atoms with van der Waals surface area (Å²) in [6.45, 7) is 0. The molecule has 136 valence electrons. The van der Waals surface area contributed by atoms with E-state index in [0.29, 0.717) is 5.69 Å². The Morgan fingerprint density at radius 3 is 2.63 bits per heavy atom. The molecule has 0 amide bonds. The maximum Gasteiger partial charge on any atom is 0.335 e. The second kappa shape index (κ2) is 6.81. The molecule has 9 nitrogen and oxygen atoms in total. The number of nitriles is 1. The van der Waals surface area contributed by atoms with Crippen LogP contribution in [0.2, 0.25) is 0 Å². The first kappa shape index (κ1) is 18.0. The molecule has 0 bridgehead atoms. The number of hydrogen-bond donors (Lipinski definition) is 3. The molecule has 1 aromatic heterocycles. The van der Waals surface area contributed by atoms with Crippen molar-refractivity contribution in [3.05, 3.63) is 65.9 Å². The third kappa shape index (κ3) is 3.44. The predicted octanol–water partition coefficient (Wildman–Crippen LogP) is 1.83. The molecule has 27 heavy (non-hydrogen) atoms. The van der Waals surface area contributed by atoms with E-state index in [1.807, 2.05) is 6.07 Å². The minimum atomic E-state index is -4.07. The lowest BCUT2D eigenvalue weighted by molar-refractivity contribution is 0.0696. The van der Waals surface area contributed by atoms with Gasteiger partial charge in [-0.25, -0.2) is 17.9 Å². The molecule has 0 radical (unpaired) electrons. The van der Waals surface area contributed by atoms with Gasteiger partial charge >= 0.3 is 5.97 Å². The van der Waals surface area contributed by atoms with Gasteiger partial charge in [-0.2, -0.15) is 10.4 Å². The molecule has 0 saturated heterocycles. The fourth-order valence-corrected chi connectivity index (χ4v) is 3.50. The van der Waals surface area contributed by atoms with Gasteiger partial charge in [0.25, 0.3) is 10.0 Å². The van der Waals surface area contributed by atoms with Gasteiger partial charge in [0.05, 0.1) is 28.0 Å². The van der Waals surface area contributed by atoms with E-state index >= 15 is 0 Å². The minimum Gasteiger partial charge on any atom is -0.478 e. The summed E-state index contributed by atoms with van der Waals surface area (Å²) in [6, 6.07) is 13.2. The van der Waals surface area contributed by atoms with Crippen LogP contribution < -0.4 is 10.5 Å². The third-order valence-corrected chi connectivity index (χ3v) is 5.06. The van der Waals surface area contributed by atoms with E-state index in [-0.39, 0.29) is 27.5 Å². The Balaban J connectivity index is 2.04. The first-order valence-corrected chi connectivity index (χ1v) is 9.01. The molecule has 3 rings (SSSR count). The summed E-state index contributed by atoms with van der Waals surface area (Å²) in [4.78, 5) is 10.9. The standard InChI is InChI=1S/C17H13N5O4S/c18-9-12-10-20-22(16(12)19)15-7-2-1-6-14(15)21-27(25,26)13-5-3-4-11(8-13)17(23)24/h1-8,10,21H,19H2,(H,23,24). The normalized spacial score (nSPS) is 10.9. The largest absolute Gasteiger partial charge is 0.478 e. The maximum absolute atomic E-state index is 12.7. The lowest BCUT2D eigenvalue weighted by Gasteiger charge is -2.13. The summed E-state index contributed by atoms with van der Waals surface area (Å²) in [7, 11) is -4.07. The molecule has 0 fully saturated rings. The number of carboxylic acids is 1. The van der Waals surface area contributed by atoms with E-state index in [1.54, 1.807) is 18.2 Å². The van der Waals surface area contributed by atoms with Gasteiger partial charge in [0.1, 0.15) is 17.5 Å². The number of sulfonamides is 1. The molecular weight excluding hydrogens is 370 g/mol. The molecule has 10 heteroatoms. The summed E-state index contributed by atoms with van der Waals surface area (Å²) in [6.07, 6.45) is 1.27. The number of nitrogens with zero attached hydrogens (tertiary/aromatic N) is 3. The van der Waals surface area contributed by atoms with Crippen molar-refractivity contribution in [1.29, 1.82) is 5.26 Å². The molecular formula is C17H13N5O4S. The number of para-hydroxylation sites is 2. The number of aromatic carboxylic acids is 1. The van der Waals surface area contributed by atoms with Crippen LogP contribution in [0.1, 0.15) is 15.9 Å². The molecule has 2 aromatic carbocycles. The Labute approximate surface area is 154 Å². The van der Waals surface area contributed by atoms with Crippen LogP contribution in [0.4, 0.5) is 11.5 Å². The van der Waals surface area contributed by atoms with E-state index in [2.05, 4.69) is 9.82 Å². The lowest BCUT2D eigenvalue weighted by Crippen LogP contribution is -2.16. The Morgan fingerprint density at radius 2 is 1.96 bits per heavy atom. The first-order valence-electron chi connectivity index (χ1n) is 7.52. The highest BCUT2D eigenvalue weighted by Crippen LogP contribution is 2.26. The van der Waals surface area contributed by atoms with E-state index in [9.17, 15) is 13.2 Å². The number of anilines is 2. The molecule has 0 aliphatic rings. The second-order valence-electron chi connectivity index (χ2n) is 5.42. The highest BCUT2D eigenvalue weighted by molar-refractivity contribution is 7.92. The maximum atomic E-state index is 12.7. The predicted molar refractivity (Wildman–Crippen MR) is 96.9 cm³/mol. The van der Waals surface area contributed by atoms with Crippen LogP contribution >= 0.6 is 0 Å². The lowest BCUT2D eigenvalue weighted by atomic mass is 10.2. The number of carbonyl (C=O) groups is 1. The number of nitrogens with one attached hydrogen (secondary N) is 1. The van der Waals surface area contributed by atoms with Crippen LogP contribution in [-0.4, -0.2) is 29.3 Å². The third-order valence-electron chi connectivity index (χ3n) is 3.69. The molecule has 3 aromatic rings. The van der Waals surface area contributed by atoms with Gasteiger partial charge in [-0.15, -0.1) is 0 Å². The van der Waals surface area contributed by atoms with Crippen molar-refractivity contribution in [1.82, 2.24) is 9.78 Å². The van der Waals surface area contributed by atoms with E-state index in [0.717, 1.165) is 6.07 Å². The van der Waals surface area contributed by atoms with Crippen molar-refractivity contribution in [2.24, 2.45) is 0 Å². The van der Waals surface area contributed by atoms with Crippen LogP contribution in [0.3, 0.4) is 0 Å². The number of hydrogen-bond acceptors (Lipinski definition) is 6. The van der Waals surface area contributed by atoms with Crippen LogP contribution in [0.15, 0.2) is 59.6 Å². The molecule has 4 N–H and O–H groups in total. The smallest absolute Gasteiger partial charge is 0.335 e. The average molecular weight is 383 g/mol. The number of nitrogens with two attached hydrogens (primary N) is 1. The monoisotopic (exact) mass is 383 g/mol. The van der Waals surface area contributed by atoms with Crippen molar-refractivity contribution in [2.75, 3.05) is 10.5 Å². The Kier molecular flexibility index (Phi) is 4.53. The zero-order chi connectivity index (χ0) is 19.6. The van der Waals surface area contributed by atoms with Crippen molar-refractivity contribution in [2.45, 2.75) is 4.90 Å². The Bertz CT molecular complexity index is 1180. The quantitative estimate of drug-likeness (QED) is 0.608. The molecule has 0 atom stereocenters. The van der Waals surface area contributed by atoms with Crippen LogP contribution in [-0.2, 0) is 10.0 Å². The number of aromatic nitrogens is 2. The average Bonchev–Trinajstić information content (AvgIpc) is 3.02. The van der Waals surface area contributed by atoms with Gasteiger partial charge in [-0.1, -0.05) is 18.2 Å². The Morgan fingerprint density at radius 1 is 1.22 bits per heavy atom. The van der Waals surface area contributed by atoms with Gasteiger partial charge in [-0.05, 0) is 30.3 Å². The van der Waals surface area contributed by atoms with E-state index in [4.69, 9.17) is 16.1 Å². The zero-order valence-electron chi connectivity index (χ0n) is 13.7. The summed E-state index contributed by atoms with van der Waals surface area (Å²) in [5, 5.41) is 22.1. The molecule has 0 saturated carbocycles. The number of benzene rings is 2. The van der Waals surface area contributed by atoms with Crippen molar-refractivity contribution >= 4 is 27.5 Å². The summed E-state index contributed by atoms with van der Waals surface area (Å²) in [5.74, 6) is -1.17. The van der Waals surface area contributed by atoms with Crippen molar-refractivity contribution in [3.63, 3.8) is 0 Å². The SMILES string of the molecule is N#Cc1cnn(-c2ccccc2NS(=O)(=O)c2cccc(C(=O)O)c2)c1N. The van der Waals surface area contributed by atoms with Gasteiger partial charge < -0.3 is 10.8 Å². The topological polar surface area (TPSA) is 151 Å². The van der Waals surface area contributed by atoms with E-state index < -0.39 is 16.0 Å². The summed E-state index contributed by atoms with van der Waals surface area (Å²) < 4.78 is 29.0. The van der Waals surface area contributed by atoms with E-state index in [1.165, 1.54) is 35.1 Å². The van der Waals surface area contributed by atoms with Gasteiger partial charge in [0, 0.05) is 0 Å². The summed E-state index contributed by atoms with van der Waals surface area (Å²) in [5.41, 5.74) is 6.36. The van der Waals surface area contributed by atoms with Crippen molar-refractivity contribution < 1.29 is 18.3 Å². The highest BCUT2D eigenvalue weighted by atomic mass is 32.2. The fourth-order valence-electron chi connectivity index (χ4n) is 2.38. The first-order chi connectivity index (χ1) is 12.8. The molecule has 0 aliphatic heterocycles. The molecule has 0 spiro atoms. The molecule has 1 heterocycles. The Hall–Kier alpha value is -3.84. The molecule has 0 aliphatic carbocycles. The second-order valence-corrected chi connectivity index (χ2v) is 7.11. The fraction of sp³-hybridized carbons (Fsp3) is 0. The minimum absolute atomic E-state index is 0.0667. The van der Waals surface area contributed by atoms with Gasteiger partial charge in [-0.3, -0.25) is 4.72 Å².